The Hall–Kier alpha value is -2.93. The van der Waals surface area contributed by atoms with Gasteiger partial charge in [-0.15, -0.1) is 0 Å². The highest BCUT2D eigenvalue weighted by molar-refractivity contribution is 5.81. The van der Waals surface area contributed by atoms with Gasteiger partial charge in [0.2, 0.25) is 11.9 Å². The maximum Gasteiger partial charge on any atom is 0.226 e. The van der Waals surface area contributed by atoms with E-state index in [0.29, 0.717) is 17.9 Å². The molecule has 1 aromatic carbocycles. The molecule has 1 atom stereocenters. The minimum atomic E-state index is 0.150. The summed E-state index contributed by atoms with van der Waals surface area (Å²) in [5, 5.41) is 0. The number of ether oxygens (including phenoxy) is 1. The molecule has 2 aromatic rings. The van der Waals surface area contributed by atoms with Crippen molar-refractivity contribution >= 4 is 17.4 Å². The van der Waals surface area contributed by atoms with Gasteiger partial charge in [0.1, 0.15) is 5.75 Å². The summed E-state index contributed by atoms with van der Waals surface area (Å²) in [5.41, 5.74) is 3.81. The average molecular weight is 572 g/mol. The molecule has 0 saturated carbocycles. The molecule has 6 rings (SSSR count). The third kappa shape index (κ3) is 7.16. The van der Waals surface area contributed by atoms with E-state index in [-0.39, 0.29) is 5.92 Å². The van der Waals surface area contributed by atoms with Crippen LogP contribution in [-0.4, -0.2) is 77.6 Å². The maximum atomic E-state index is 13.3. The lowest BCUT2D eigenvalue weighted by atomic mass is 9.85. The Morgan fingerprint density at radius 2 is 1.60 bits per heavy atom. The average Bonchev–Trinajstić information content (AvgIpc) is 3.08. The Bertz CT molecular complexity index is 1170. The van der Waals surface area contributed by atoms with Crippen molar-refractivity contribution in [2.75, 3.05) is 50.8 Å². The molecule has 1 amide bonds. The van der Waals surface area contributed by atoms with Gasteiger partial charge in [-0.3, -0.25) is 4.79 Å². The predicted octanol–water partition coefficient (Wildman–Crippen LogP) is 5.99. The van der Waals surface area contributed by atoms with Gasteiger partial charge in [0.25, 0.3) is 0 Å². The van der Waals surface area contributed by atoms with Crippen LogP contribution >= 0.6 is 0 Å². The number of nitrogens with zero attached hydrogens (tertiary/aromatic N) is 5. The molecule has 42 heavy (non-hydrogen) atoms. The van der Waals surface area contributed by atoms with Crippen LogP contribution in [0.1, 0.15) is 82.3 Å². The molecule has 0 bridgehead atoms. The zero-order valence-electron chi connectivity index (χ0n) is 25.6. The first-order valence-corrected chi connectivity index (χ1v) is 16.7. The number of likely N-dealkylation sites (tertiary alicyclic amines) is 2. The second kappa shape index (κ2) is 14.0. The highest BCUT2D eigenvalue weighted by Crippen LogP contribution is 2.33. The molecule has 3 fully saturated rings. The number of hydrogen-bond acceptors (Lipinski definition) is 6. The highest BCUT2D eigenvalue weighted by atomic mass is 16.5. The number of rotatable bonds is 8. The molecule has 7 nitrogen and oxygen atoms in total. The lowest BCUT2D eigenvalue weighted by Crippen LogP contribution is -2.49. The number of aryl methyl sites for hydroxylation is 1. The summed E-state index contributed by atoms with van der Waals surface area (Å²) in [6.45, 7) is 9.23. The van der Waals surface area contributed by atoms with Gasteiger partial charge in [-0.2, -0.15) is 0 Å². The monoisotopic (exact) mass is 571 g/mol. The molecular weight excluding hydrogens is 522 g/mol. The molecule has 1 aromatic heterocycles. The van der Waals surface area contributed by atoms with Crippen LogP contribution in [-0.2, 0) is 11.2 Å². The molecule has 1 aliphatic carbocycles. The first kappa shape index (κ1) is 29.2. The van der Waals surface area contributed by atoms with Crippen LogP contribution in [0.4, 0.5) is 5.95 Å². The smallest absolute Gasteiger partial charge is 0.226 e. The fraction of sp³-hybridized carbons (Fsp3) is 0.629. The molecule has 7 heteroatoms. The van der Waals surface area contributed by atoms with E-state index in [4.69, 9.17) is 4.74 Å². The predicted molar refractivity (Wildman–Crippen MR) is 169 cm³/mol. The van der Waals surface area contributed by atoms with Crippen LogP contribution in [0, 0.1) is 11.8 Å². The zero-order valence-corrected chi connectivity index (χ0v) is 25.6. The van der Waals surface area contributed by atoms with Crippen molar-refractivity contribution in [3.8, 4) is 5.75 Å². The number of carbonyl (C=O) groups excluding carboxylic acids is 1. The molecule has 3 aliphatic heterocycles. The summed E-state index contributed by atoms with van der Waals surface area (Å²) in [5.74, 6) is 2.89. The Morgan fingerprint density at radius 1 is 0.881 bits per heavy atom. The van der Waals surface area contributed by atoms with E-state index in [2.05, 4.69) is 61.9 Å². The summed E-state index contributed by atoms with van der Waals surface area (Å²) in [4.78, 5) is 29.5. The van der Waals surface area contributed by atoms with Gasteiger partial charge < -0.3 is 19.4 Å². The van der Waals surface area contributed by atoms with E-state index in [1.807, 2.05) is 12.4 Å². The Morgan fingerprint density at radius 3 is 2.24 bits per heavy atom. The molecule has 0 N–H and O–H groups in total. The van der Waals surface area contributed by atoms with E-state index < -0.39 is 0 Å². The van der Waals surface area contributed by atoms with E-state index in [1.165, 1.54) is 49.1 Å². The molecular formula is C35H49N5O2. The number of benzene rings is 1. The Balaban J connectivity index is 0.920. The number of allylic oxidation sites excluding steroid dienone is 2. The van der Waals surface area contributed by atoms with Crippen molar-refractivity contribution in [1.82, 2.24) is 19.8 Å². The van der Waals surface area contributed by atoms with Crippen LogP contribution in [0.5, 0.6) is 5.75 Å². The number of piperidine rings is 3. The first-order valence-electron chi connectivity index (χ1n) is 16.7. The van der Waals surface area contributed by atoms with Gasteiger partial charge in [-0.25, -0.2) is 9.97 Å². The van der Waals surface area contributed by atoms with Gasteiger partial charge in [0, 0.05) is 50.5 Å². The fourth-order valence-corrected chi connectivity index (χ4v) is 7.29. The van der Waals surface area contributed by atoms with Crippen LogP contribution in [0.2, 0.25) is 0 Å². The van der Waals surface area contributed by atoms with Crippen molar-refractivity contribution in [2.24, 2.45) is 11.8 Å². The number of carbonyl (C=O) groups is 1. The largest absolute Gasteiger partial charge is 0.493 e. The minimum Gasteiger partial charge on any atom is -0.493 e. The minimum absolute atomic E-state index is 0.150. The van der Waals surface area contributed by atoms with Gasteiger partial charge >= 0.3 is 0 Å². The number of hydrogen-bond donors (Lipinski definition) is 0. The highest BCUT2D eigenvalue weighted by Gasteiger charge is 2.31. The lowest BCUT2D eigenvalue weighted by Gasteiger charge is -2.41. The third-order valence-corrected chi connectivity index (χ3v) is 10.2. The zero-order chi connectivity index (χ0) is 28.7. The summed E-state index contributed by atoms with van der Waals surface area (Å²) in [6, 6.07) is 9.29. The Kier molecular flexibility index (Phi) is 9.74. The van der Waals surface area contributed by atoms with Crippen molar-refractivity contribution < 1.29 is 9.53 Å². The van der Waals surface area contributed by atoms with Gasteiger partial charge in [0.05, 0.1) is 6.61 Å². The Labute approximate surface area is 252 Å². The number of anilines is 1. The summed E-state index contributed by atoms with van der Waals surface area (Å²) >= 11 is 0. The topological polar surface area (TPSA) is 61.8 Å². The van der Waals surface area contributed by atoms with Gasteiger partial charge in [-0.05, 0) is 112 Å². The molecule has 3 saturated heterocycles. The summed E-state index contributed by atoms with van der Waals surface area (Å²) in [7, 11) is 0. The first-order chi connectivity index (χ1) is 20.7. The van der Waals surface area contributed by atoms with Crippen LogP contribution in [0.3, 0.4) is 0 Å². The molecule has 1 unspecified atom stereocenters. The van der Waals surface area contributed by atoms with Crippen LogP contribution in [0.25, 0.3) is 5.57 Å². The van der Waals surface area contributed by atoms with Gasteiger partial charge in [-0.1, -0.05) is 31.6 Å². The fourth-order valence-electron chi connectivity index (χ4n) is 7.29. The van der Waals surface area contributed by atoms with Crippen molar-refractivity contribution in [3.63, 3.8) is 0 Å². The second-order valence-corrected chi connectivity index (χ2v) is 12.9. The van der Waals surface area contributed by atoms with Crippen molar-refractivity contribution in [2.45, 2.75) is 83.6 Å². The quantitative estimate of drug-likeness (QED) is 0.388. The molecule has 226 valence electrons. The van der Waals surface area contributed by atoms with Crippen molar-refractivity contribution in [1.29, 1.82) is 0 Å². The van der Waals surface area contributed by atoms with E-state index in [1.54, 1.807) is 0 Å². The van der Waals surface area contributed by atoms with E-state index in [9.17, 15) is 4.79 Å². The normalized spacial score (nSPS) is 23.1. The lowest BCUT2D eigenvalue weighted by molar-refractivity contribution is -0.137. The molecule has 0 spiro atoms. The maximum absolute atomic E-state index is 13.3. The third-order valence-electron chi connectivity index (χ3n) is 10.2. The number of aromatic nitrogens is 2. The van der Waals surface area contributed by atoms with Crippen LogP contribution < -0.4 is 9.64 Å². The summed E-state index contributed by atoms with van der Waals surface area (Å²) in [6.07, 6.45) is 18.5. The second-order valence-electron chi connectivity index (χ2n) is 12.9. The standard InChI is InChI=1S/C35H49N5O2/c1-2-27-24-36-35(37-25-27)40-20-14-28(15-21-40)26-42-33-12-10-30(11-13-33)29-6-8-31(9-7-29)34(41)39-22-16-32(17-23-39)38-18-4-3-5-19-38/h6,10-13,24-25,28,31-32H,2-5,7-9,14-23,26H2,1H3. The van der Waals surface area contributed by atoms with E-state index >= 15 is 0 Å². The van der Waals surface area contributed by atoms with E-state index in [0.717, 1.165) is 95.9 Å². The van der Waals surface area contributed by atoms with Crippen LogP contribution in [0.15, 0.2) is 42.7 Å². The summed E-state index contributed by atoms with van der Waals surface area (Å²) < 4.78 is 6.20. The number of amides is 1. The molecule has 0 radical (unpaired) electrons. The molecule has 4 heterocycles. The van der Waals surface area contributed by atoms with Gasteiger partial charge in [0.15, 0.2) is 0 Å². The molecule has 4 aliphatic rings. The van der Waals surface area contributed by atoms with Crippen molar-refractivity contribution in [3.05, 3.63) is 53.9 Å². The SMILES string of the molecule is CCc1cnc(N2CCC(COc3ccc(C4=CCC(C(=O)N5CCC(N6CCCCC6)CC5)CC4)cc3)CC2)nc1.